The maximum absolute atomic E-state index is 13.5. The second-order valence-corrected chi connectivity index (χ2v) is 8.00. The average molecular weight is 460 g/mol. The highest BCUT2D eigenvalue weighted by atomic mass is 35.5. The number of rotatable bonds is 5. The predicted molar refractivity (Wildman–Crippen MR) is 115 cm³/mol. The molecule has 3 atom stereocenters. The van der Waals surface area contributed by atoms with Gasteiger partial charge in [0.15, 0.2) is 0 Å². The fraction of sp³-hybridized carbons (Fsp3) is 0.273. The Bertz CT molecular complexity index is 1120. The molecule has 2 aliphatic heterocycles. The van der Waals surface area contributed by atoms with Crippen LogP contribution < -0.4 is 15.5 Å². The number of carbonyl (C=O) groups is 4. The molecule has 8 nitrogen and oxygen atoms in total. The zero-order valence-electron chi connectivity index (χ0n) is 16.9. The minimum absolute atomic E-state index is 0.0874. The van der Waals surface area contributed by atoms with Crippen LogP contribution in [0.1, 0.15) is 12.8 Å². The summed E-state index contributed by atoms with van der Waals surface area (Å²) in [5.74, 6) is -4.74. The van der Waals surface area contributed by atoms with Crippen LogP contribution in [0.3, 0.4) is 0 Å². The van der Waals surface area contributed by atoms with Crippen LogP contribution >= 0.6 is 11.6 Å². The summed E-state index contributed by atoms with van der Waals surface area (Å²) in [6.45, 7) is 0. The van der Waals surface area contributed by atoms with Crippen molar-refractivity contribution in [2.24, 2.45) is 11.8 Å². The smallest absolute Gasteiger partial charge is 0.311 e. The van der Waals surface area contributed by atoms with Crippen molar-refractivity contribution in [2.75, 3.05) is 22.6 Å². The van der Waals surface area contributed by atoms with Gasteiger partial charge >= 0.3 is 5.97 Å². The van der Waals surface area contributed by atoms with Gasteiger partial charge < -0.3 is 15.4 Å². The molecular formula is C22H19ClFN3O5. The van der Waals surface area contributed by atoms with E-state index in [2.05, 4.69) is 10.6 Å². The summed E-state index contributed by atoms with van der Waals surface area (Å²) in [6, 6.07) is 9.56. The van der Waals surface area contributed by atoms with E-state index >= 15 is 0 Å². The Balaban J connectivity index is 1.58. The lowest BCUT2D eigenvalue weighted by molar-refractivity contribution is -0.148. The fourth-order valence-electron chi connectivity index (χ4n) is 4.05. The van der Waals surface area contributed by atoms with Crippen LogP contribution in [0.5, 0.6) is 0 Å². The molecule has 32 heavy (non-hydrogen) atoms. The van der Waals surface area contributed by atoms with E-state index in [-0.39, 0.29) is 23.6 Å². The van der Waals surface area contributed by atoms with Gasteiger partial charge in [0.25, 0.3) is 0 Å². The quantitative estimate of drug-likeness (QED) is 0.526. The molecule has 0 aromatic heterocycles. The molecule has 166 valence electrons. The van der Waals surface area contributed by atoms with E-state index in [1.807, 2.05) is 0 Å². The van der Waals surface area contributed by atoms with Crippen molar-refractivity contribution in [3.05, 3.63) is 53.3 Å². The number of ether oxygens (including phenoxy) is 1. The molecule has 0 saturated carbocycles. The van der Waals surface area contributed by atoms with Crippen molar-refractivity contribution >= 4 is 52.4 Å². The Labute approximate surface area is 187 Å². The van der Waals surface area contributed by atoms with Gasteiger partial charge in [-0.05, 0) is 36.8 Å². The Hall–Kier alpha value is -3.46. The van der Waals surface area contributed by atoms with Crippen LogP contribution in [-0.2, 0) is 23.9 Å². The standard InChI is InChI=1S/C22H19ClFN3O5/c1-32-22(31)13(19-20(29)26-17-5-3-2-4-16(17)25-19)8-11-9-18(28)27(21(11)30)12-6-7-15(24)14(23)10-12/h2-7,10-11,13,19,25H,8-9H2,1H3,(H,26,29). The molecule has 4 rings (SSSR count). The van der Waals surface area contributed by atoms with Crippen LogP contribution in [0, 0.1) is 17.7 Å². The SMILES string of the molecule is COC(=O)C(CC1CC(=O)N(c2ccc(F)c(Cl)c2)C1=O)C1Nc2ccccc2NC1=O. The van der Waals surface area contributed by atoms with Crippen molar-refractivity contribution in [2.45, 2.75) is 18.9 Å². The van der Waals surface area contributed by atoms with Crippen molar-refractivity contribution in [1.29, 1.82) is 0 Å². The third-order valence-corrected chi connectivity index (χ3v) is 5.91. The number of para-hydroxylation sites is 2. The zero-order chi connectivity index (χ0) is 23.0. The van der Waals surface area contributed by atoms with Crippen LogP contribution in [0.25, 0.3) is 0 Å². The van der Waals surface area contributed by atoms with Gasteiger partial charge in [-0.15, -0.1) is 0 Å². The molecular weight excluding hydrogens is 441 g/mol. The van der Waals surface area contributed by atoms with Crippen LogP contribution in [0.15, 0.2) is 42.5 Å². The molecule has 1 fully saturated rings. The zero-order valence-corrected chi connectivity index (χ0v) is 17.7. The van der Waals surface area contributed by atoms with Crippen LogP contribution in [0.2, 0.25) is 5.02 Å². The normalized spacial score (nSPS) is 21.0. The summed E-state index contributed by atoms with van der Waals surface area (Å²) < 4.78 is 18.4. The Morgan fingerprint density at radius 1 is 1.22 bits per heavy atom. The van der Waals surface area contributed by atoms with Gasteiger partial charge in [-0.3, -0.25) is 24.1 Å². The molecule has 10 heteroatoms. The number of halogens is 2. The predicted octanol–water partition coefficient (Wildman–Crippen LogP) is 2.97. The number of esters is 1. The van der Waals surface area contributed by atoms with Crippen molar-refractivity contribution in [1.82, 2.24) is 0 Å². The molecule has 3 amide bonds. The van der Waals surface area contributed by atoms with E-state index in [4.69, 9.17) is 16.3 Å². The molecule has 0 bridgehead atoms. The monoisotopic (exact) mass is 459 g/mol. The molecule has 2 N–H and O–H groups in total. The largest absolute Gasteiger partial charge is 0.469 e. The molecule has 2 aromatic rings. The minimum atomic E-state index is -1.02. The maximum Gasteiger partial charge on any atom is 0.311 e. The van der Waals surface area contributed by atoms with E-state index in [1.54, 1.807) is 24.3 Å². The molecule has 0 spiro atoms. The highest BCUT2D eigenvalue weighted by Gasteiger charge is 2.45. The maximum atomic E-state index is 13.5. The molecule has 0 aliphatic carbocycles. The third-order valence-electron chi connectivity index (χ3n) is 5.62. The first-order valence-corrected chi connectivity index (χ1v) is 10.2. The minimum Gasteiger partial charge on any atom is -0.469 e. The fourth-order valence-corrected chi connectivity index (χ4v) is 4.22. The number of benzene rings is 2. The number of hydrogen-bond donors (Lipinski definition) is 2. The van der Waals surface area contributed by atoms with Crippen molar-refractivity contribution in [3.63, 3.8) is 0 Å². The lowest BCUT2D eigenvalue weighted by Gasteiger charge is -2.32. The first-order valence-electron chi connectivity index (χ1n) is 9.86. The molecule has 2 aromatic carbocycles. The van der Waals surface area contributed by atoms with E-state index in [1.165, 1.54) is 19.2 Å². The highest BCUT2D eigenvalue weighted by Crippen LogP contribution is 2.35. The lowest BCUT2D eigenvalue weighted by Crippen LogP contribution is -2.48. The number of amides is 3. The van der Waals surface area contributed by atoms with Gasteiger partial charge in [0.05, 0.1) is 35.1 Å². The number of imide groups is 1. The summed E-state index contributed by atoms with van der Waals surface area (Å²) in [4.78, 5) is 51.8. The number of nitrogens with zero attached hydrogens (tertiary/aromatic N) is 1. The first kappa shape index (κ1) is 21.8. The topological polar surface area (TPSA) is 105 Å². The number of carbonyl (C=O) groups excluding carboxylic acids is 4. The van der Waals surface area contributed by atoms with Gasteiger partial charge in [-0.25, -0.2) is 4.39 Å². The average Bonchev–Trinajstić information content (AvgIpc) is 3.06. The number of fused-ring (bicyclic) bond motifs is 1. The van der Waals surface area contributed by atoms with Gasteiger partial charge in [0.1, 0.15) is 11.9 Å². The van der Waals surface area contributed by atoms with Crippen LogP contribution in [0.4, 0.5) is 21.5 Å². The van der Waals surface area contributed by atoms with Gasteiger partial charge in [0, 0.05) is 12.3 Å². The van der Waals surface area contributed by atoms with E-state index < -0.39 is 47.4 Å². The molecule has 2 heterocycles. The van der Waals surface area contributed by atoms with Crippen LogP contribution in [-0.4, -0.2) is 36.8 Å². The first-order chi connectivity index (χ1) is 15.3. The van der Waals surface area contributed by atoms with Gasteiger partial charge in [-0.2, -0.15) is 0 Å². The van der Waals surface area contributed by atoms with E-state index in [0.717, 1.165) is 11.0 Å². The molecule has 0 radical (unpaired) electrons. The third kappa shape index (κ3) is 3.91. The highest BCUT2D eigenvalue weighted by molar-refractivity contribution is 6.31. The number of anilines is 3. The van der Waals surface area contributed by atoms with Gasteiger partial charge in [-0.1, -0.05) is 23.7 Å². The molecule has 1 saturated heterocycles. The van der Waals surface area contributed by atoms with Gasteiger partial charge in [0.2, 0.25) is 17.7 Å². The van der Waals surface area contributed by atoms with E-state index in [9.17, 15) is 23.6 Å². The Kier molecular flexibility index (Phi) is 5.84. The Morgan fingerprint density at radius 3 is 2.62 bits per heavy atom. The Morgan fingerprint density at radius 2 is 1.94 bits per heavy atom. The summed E-state index contributed by atoms with van der Waals surface area (Å²) in [5.41, 5.74) is 1.34. The second-order valence-electron chi connectivity index (χ2n) is 7.59. The number of methoxy groups -OCH3 is 1. The summed E-state index contributed by atoms with van der Waals surface area (Å²) >= 11 is 5.79. The lowest BCUT2D eigenvalue weighted by atomic mass is 9.86. The number of nitrogens with one attached hydrogen (secondary N) is 2. The second kappa shape index (κ2) is 8.58. The molecule has 2 aliphatic rings. The summed E-state index contributed by atoms with van der Waals surface area (Å²) in [6.07, 6.45) is -0.248. The summed E-state index contributed by atoms with van der Waals surface area (Å²) in [7, 11) is 1.19. The van der Waals surface area contributed by atoms with E-state index in [0.29, 0.717) is 11.4 Å². The van der Waals surface area contributed by atoms with Crippen molar-refractivity contribution < 1.29 is 28.3 Å². The summed E-state index contributed by atoms with van der Waals surface area (Å²) in [5, 5.41) is 5.55. The number of hydrogen-bond acceptors (Lipinski definition) is 6. The molecule has 3 unspecified atom stereocenters. The van der Waals surface area contributed by atoms with Crippen molar-refractivity contribution in [3.8, 4) is 0 Å².